The molecule has 0 spiro atoms. The molecule has 1 aliphatic heterocycles. The molecule has 1 saturated carbocycles. The summed E-state index contributed by atoms with van der Waals surface area (Å²) in [5.41, 5.74) is 4.49. The molecule has 0 atom stereocenters. The van der Waals surface area contributed by atoms with Crippen LogP contribution in [0.15, 0.2) is 86.1 Å². The van der Waals surface area contributed by atoms with E-state index < -0.39 is 0 Å². The summed E-state index contributed by atoms with van der Waals surface area (Å²) in [6.45, 7) is 16.0. The van der Waals surface area contributed by atoms with Gasteiger partial charge >= 0.3 is 0 Å². The van der Waals surface area contributed by atoms with Crippen molar-refractivity contribution in [3.63, 3.8) is 0 Å². The number of hydrogen-bond donors (Lipinski definition) is 2. The van der Waals surface area contributed by atoms with E-state index in [0.29, 0.717) is 34.8 Å². The van der Waals surface area contributed by atoms with Crippen LogP contribution in [0.5, 0.6) is 0 Å². The number of allylic oxidation sites excluding steroid dienone is 5. The van der Waals surface area contributed by atoms with Crippen molar-refractivity contribution in [3.8, 4) is 0 Å². The second kappa shape index (κ2) is 13.9. The van der Waals surface area contributed by atoms with Gasteiger partial charge in [-0.05, 0) is 73.4 Å². The van der Waals surface area contributed by atoms with Gasteiger partial charge in [-0.3, -0.25) is 19.1 Å². The molecule has 0 radical (unpaired) electrons. The molecule has 43 heavy (non-hydrogen) atoms. The molecular weight excluding hydrogens is 558 g/mol. The fraction of sp³-hybridized carbons (Fsp3) is 0.235. The van der Waals surface area contributed by atoms with Crippen molar-refractivity contribution in [1.29, 1.82) is 0 Å². The molecule has 2 aliphatic rings. The van der Waals surface area contributed by atoms with Crippen LogP contribution in [0.25, 0.3) is 11.6 Å². The maximum Gasteiger partial charge on any atom is 0.276 e. The van der Waals surface area contributed by atoms with Crippen molar-refractivity contribution in [2.24, 2.45) is 7.05 Å². The van der Waals surface area contributed by atoms with Gasteiger partial charge in [0.05, 0.1) is 16.3 Å². The number of anilines is 1. The van der Waals surface area contributed by atoms with Crippen molar-refractivity contribution in [1.82, 2.24) is 20.0 Å². The lowest BCUT2D eigenvalue weighted by Gasteiger charge is -2.24. The molecule has 2 aromatic heterocycles. The molecule has 9 heteroatoms. The van der Waals surface area contributed by atoms with Crippen LogP contribution in [0, 0.1) is 0 Å². The van der Waals surface area contributed by atoms with Crippen LogP contribution in [-0.4, -0.2) is 45.0 Å². The molecule has 0 bridgehead atoms. The van der Waals surface area contributed by atoms with Crippen molar-refractivity contribution < 1.29 is 14.4 Å². The third-order valence-corrected chi connectivity index (χ3v) is 8.15. The number of aryl methyl sites for hydroxylation is 1. The van der Waals surface area contributed by atoms with Gasteiger partial charge < -0.3 is 15.5 Å². The number of amides is 3. The SMILES string of the molecule is C=C/C=C\c1cc(C(=O)Nc2ccc(C(=O)N3CCc4cc(C(=O)NC5CC5)sc4C(C=C)=C3C=C)cc2)nn1C.CC. The lowest BCUT2D eigenvalue weighted by atomic mass is 10.1. The number of fused-ring (bicyclic) bond motifs is 1. The summed E-state index contributed by atoms with van der Waals surface area (Å²) >= 11 is 1.42. The lowest BCUT2D eigenvalue weighted by Crippen LogP contribution is -2.31. The Labute approximate surface area is 256 Å². The normalized spacial score (nSPS) is 14.3. The molecule has 1 aromatic carbocycles. The van der Waals surface area contributed by atoms with Crippen LogP contribution in [0.4, 0.5) is 5.69 Å². The molecule has 0 unspecified atom stereocenters. The number of hydrogen-bond acceptors (Lipinski definition) is 5. The highest BCUT2D eigenvalue weighted by molar-refractivity contribution is 7.15. The maximum absolute atomic E-state index is 13.7. The zero-order valence-corrected chi connectivity index (χ0v) is 25.7. The Morgan fingerprint density at radius 2 is 1.74 bits per heavy atom. The van der Waals surface area contributed by atoms with E-state index in [1.54, 1.807) is 71.3 Å². The van der Waals surface area contributed by atoms with Gasteiger partial charge in [0.2, 0.25) is 0 Å². The third-order valence-electron chi connectivity index (χ3n) is 6.95. The van der Waals surface area contributed by atoms with Crippen molar-refractivity contribution in [3.05, 3.63) is 118 Å². The summed E-state index contributed by atoms with van der Waals surface area (Å²) < 4.78 is 1.61. The minimum Gasteiger partial charge on any atom is -0.349 e. The summed E-state index contributed by atoms with van der Waals surface area (Å²) in [6, 6.07) is 10.6. The average molecular weight is 596 g/mol. The highest BCUT2D eigenvalue weighted by Crippen LogP contribution is 2.37. The molecule has 3 heterocycles. The summed E-state index contributed by atoms with van der Waals surface area (Å²) in [7, 11) is 1.76. The lowest BCUT2D eigenvalue weighted by molar-refractivity contribution is 0.0813. The first-order chi connectivity index (χ1) is 20.8. The topological polar surface area (TPSA) is 96.3 Å². The van der Waals surface area contributed by atoms with Gasteiger partial charge in [0, 0.05) is 41.3 Å². The van der Waals surface area contributed by atoms with Crippen LogP contribution in [0.1, 0.15) is 73.3 Å². The molecule has 0 saturated heterocycles. The Kier molecular flexibility index (Phi) is 10.1. The molecule has 222 valence electrons. The predicted molar refractivity (Wildman–Crippen MR) is 175 cm³/mol. The molecule has 1 fully saturated rings. The number of nitrogens with one attached hydrogen (secondary N) is 2. The van der Waals surface area contributed by atoms with Crippen molar-refractivity contribution in [2.45, 2.75) is 39.2 Å². The Morgan fingerprint density at radius 3 is 2.37 bits per heavy atom. The number of carbonyl (C=O) groups is 3. The summed E-state index contributed by atoms with van der Waals surface area (Å²) in [5.74, 6) is -0.598. The Balaban J connectivity index is 0.00000207. The van der Waals surface area contributed by atoms with Crippen molar-refractivity contribution >= 4 is 46.4 Å². The first-order valence-electron chi connectivity index (χ1n) is 14.3. The van der Waals surface area contributed by atoms with E-state index in [4.69, 9.17) is 0 Å². The molecule has 3 aromatic rings. The van der Waals surface area contributed by atoms with E-state index in [2.05, 4.69) is 35.5 Å². The highest BCUT2D eigenvalue weighted by atomic mass is 32.1. The molecule has 8 nitrogen and oxygen atoms in total. The van der Waals surface area contributed by atoms with Crippen molar-refractivity contribution in [2.75, 3.05) is 11.9 Å². The van der Waals surface area contributed by atoms with Crippen LogP contribution in [0.3, 0.4) is 0 Å². The summed E-state index contributed by atoms with van der Waals surface area (Å²) in [6.07, 6.45) is 11.3. The average Bonchev–Trinajstić information content (AvgIpc) is 3.65. The number of carbonyl (C=O) groups excluding carboxylic acids is 3. The molecule has 3 amide bonds. The Hall–Kier alpha value is -4.76. The van der Waals surface area contributed by atoms with E-state index in [1.807, 2.05) is 26.0 Å². The molecule has 2 N–H and O–H groups in total. The quantitative estimate of drug-likeness (QED) is 0.271. The molecular formula is C34H37N5O3S. The van der Waals surface area contributed by atoms with Gasteiger partial charge in [-0.25, -0.2) is 0 Å². The van der Waals surface area contributed by atoms with Crippen LogP contribution in [-0.2, 0) is 13.5 Å². The zero-order chi connectivity index (χ0) is 31.1. The van der Waals surface area contributed by atoms with Gasteiger partial charge in [-0.2, -0.15) is 5.10 Å². The van der Waals surface area contributed by atoms with Gasteiger partial charge in [0.15, 0.2) is 5.69 Å². The number of benzene rings is 1. The fourth-order valence-corrected chi connectivity index (χ4v) is 5.81. The zero-order valence-electron chi connectivity index (χ0n) is 24.9. The number of thiophene rings is 1. The minimum atomic E-state index is -0.353. The van der Waals surface area contributed by atoms with E-state index in [0.717, 1.165) is 34.5 Å². The fourth-order valence-electron chi connectivity index (χ4n) is 4.64. The van der Waals surface area contributed by atoms with E-state index in [1.165, 1.54) is 11.3 Å². The maximum atomic E-state index is 13.7. The van der Waals surface area contributed by atoms with E-state index in [-0.39, 0.29) is 29.5 Å². The Morgan fingerprint density at radius 1 is 1.02 bits per heavy atom. The van der Waals surface area contributed by atoms with Gasteiger partial charge in [-0.1, -0.05) is 51.8 Å². The van der Waals surface area contributed by atoms with Crippen LogP contribution >= 0.6 is 11.3 Å². The first kappa shape index (κ1) is 31.2. The summed E-state index contributed by atoms with van der Waals surface area (Å²) in [4.78, 5) is 42.4. The third kappa shape index (κ3) is 7.01. The predicted octanol–water partition coefficient (Wildman–Crippen LogP) is 6.63. The van der Waals surface area contributed by atoms with Gasteiger partial charge in [-0.15, -0.1) is 11.3 Å². The highest BCUT2D eigenvalue weighted by Gasteiger charge is 2.29. The second-order valence-corrected chi connectivity index (χ2v) is 10.9. The first-order valence-corrected chi connectivity index (χ1v) is 15.1. The summed E-state index contributed by atoms with van der Waals surface area (Å²) in [5, 5.41) is 10.1. The molecule has 1 aliphatic carbocycles. The van der Waals surface area contributed by atoms with E-state index in [9.17, 15) is 14.4 Å². The Bertz CT molecular complexity index is 1620. The number of nitrogens with zero attached hydrogens (tertiary/aromatic N) is 3. The van der Waals surface area contributed by atoms with Crippen LogP contribution < -0.4 is 10.6 Å². The molecule has 5 rings (SSSR count). The van der Waals surface area contributed by atoms with E-state index >= 15 is 0 Å². The van der Waals surface area contributed by atoms with Gasteiger partial charge in [0.25, 0.3) is 17.7 Å². The largest absolute Gasteiger partial charge is 0.349 e. The number of aromatic nitrogens is 2. The number of rotatable bonds is 9. The second-order valence-electron chi connectivity index (χ2n) is 9.83. The van der Waals surface area contributed by atoms with Crippen LogP contribution in [0.2, 0.25) is 0 Å². The smallest absolute Gasteiger partial charge is 0.276 e. The minimum absolute atomic E-state index is 0.0535. The monoisotopic (exact) mass is 595 g/mol. The standard InChI is InChI=1S/C32H31N5O3S.C2H6/c1-5-8-9-24-19-26(35-36(24)4)30(38)33-22-12-10-20(11-13-22)32(40)37-17-16-21-18-28(31(39)34-23-14-15-23)41-29(21)25(6-2)27(37)7-3;1-2/h5-13,18-19,23H,1-3,14-17H2,4H3,(H,33,38)(H,34,39);1-2H3/b9-8-;. The van der Waals surface area contributed by atoms with Gasteiger partial charge in [0.1, 0.15) is 0 Å².